The van der Waals surface area contributed by atoms with E-state index in [0.717, 1.165) is 30.4 Å². The maximum atomic E-state index is 13.3. The summed E-state index contributed by atoms with van der Waals surface area (Å²) in [5, 5.41) is 19.0. The molecule has 0 saturated heterocycles. The smallest absolute Gasteiger partial charge is 0.339 e. The van der Waals surface area contributed by atoms with Gasteiger partial charge in [0.25, 0.3) is 5.91 Å². The molecule has 0 aliphatic carbocycles. The Hall–Kier alpha value is -4.00. The van der Waals surface area contributed by atoms with Crippen LogP contribution in [0.25, 0.3) is 11.1 Å². The van der Waals surface area contributed by atoms with Gasteiger partial charge in [-0.3, -0.25) is 4.79 Å². The van der Waals surface area contributed by atoms with Gasteiger partial charge >= 0.3 is 5.97 Å². The largest absolute Gasteiger partial charge is 0.507 e. The van der Waals surface area contributed by atoms with E-state index in [0.29, 0.717) is 35.7 Å². The monoisotopic (exact) mass is 461 g/mol. The normalized spacial score (nSPS) is 11.9. The molecule has 3 aromatic rings. The number of unbranched alkanes of at least 4 members (excludes halogenated alkanes) is 2. The molecule has 0 fully saturated rings. The molecule has 2 N–H and O–H groups in total. The molecule has 0 bridgehead atoms. The van der Waals surface area contributed by atoms with Crippen molar-refractivity contribution < 1.29 is 29.3 Å². The van der Waals surface area contributed by atoms with E-state index < -0.39 is 5.97 Å². The van der Waals surface area contributed by atoms with E-state index in [9.17, 15) is 19.8 Å². The Labute approximate surface area is 198 Å². The number of carbonyl (C=O) groups is 2. The number of aromatic carboxylic acids is 1. The standard InChI is InChI=1S/C27H27NO6/c1-2-3-4-13-28(26(30)21-10-12-24-25(15-21)34-17-33-24)16-18-5-7-19(8-6-18)20-9-11-23(29)22(14-20)27(31)32/h5-12,14-15,29H,2-4,13,16-17H2,1H3,(H,31,32). The minimum Gasteiger partial charge on any atom is -0.507 e. The van der Waals surface area contributed by atoms with E-state index in [1.807, 2.05) is 29.2 Å². The van der Waals surface area contributed by atoms with Crippen molar-refractivity contribution >= 4 is 11.9 Å². The van der Waals surface area contributed by atoms with E-state index >= 15 is 0 Å². The maximum Gasteiger partial charge on any atom is 0.339 e. The third-order valence-electron chi connectivity index (χ3n) is 5.83. The van der Waals surface area contributed by atoms with Crippen LogP contribution in [0.15, 0.2) is 60.7 Å². The van der Waals surface area contributed by atoms with Gasteiger partial charge in [-0.1, -0.05) is 50.1 Å². The highest BCUT2D eigenvalue weighted by atomic mass is 16.7. The number of phenols is 1. The van der Waals surface area contributed by atoms with Crippen LogP contribution < -0.4 is 9.47 Å². The van der Waals surface area contributed by atoms with Crippen LogP contribution in [0, 0.1) is 0 Å². The van der Waals surface area contributed by atoms with Crippen molar-refractivity contribution in [3.05, 3.63) is 77.4 Å². The molecule has 1 amide bonds. The lowest BCUT2D eigenvalue weighted by Crippen LogP contribution is -2.31. The molecule has 1 heterocycles. The molecular formula is C27H27NO6. The summed E-state index contributed by atoms with van der Waals surface area (Å²) in [6.45, 7) is 3.38. The first-order valence-corrected chi connectivity index (χ1v) is 11.3. The molecule has 1 aliphatic rings. The van der Waals surface area contributed by atoms with Crippen molar-refractivity contribution in [1.29, 1.82) is 0 Å². The van der Waals surface area contributed by atoms with E-state index in [-0.39, 0.29) is 24.0 Å². The average molecular weight is 462 g/mol. The number of carboxylic acids is 1. The summed E-state index contributed by atoms with van der Waals surface area (Å²) in [6, 6.07) is 17.4. The molecule has 7 nitrogen and oxygen atoms in total. The van der Waals surface area contributed by atoms with E-state index in [2.05, 4.69) is 6.92 Å². The lowest BCUT2D eigenvalue weighted by molar-refractivity contribution is 0.0692. The van der Waals surface area contributed by atoms with Crippen molar-refractivity contribution in [2.24, 2.45) is 0 Å². The van der Waals surface area contributed by atoms with Crippen LogP contribution in [0.5, 0.6) is 17.2 Å². The summed E-state index contributed by atoms with van der Waals surface area (Å²) < 4.78 is 10.8. The number of benzene rings is 3. The van der Waals surface area contributed by atoms with Crippen LogP contribution in [0.3, 0.4) is 0 Å². The number of nitrogens with zero attached hydrogens (tertiary/aromatic N) is 1. The summed E-state index contributed by atoms with van der Waals surface area (Å²) in [6.07, 6.45) is 3.01. The molecule has 1 aliphatic heterocycles. The van der Waals surface area contributed by atoms with Gasteiger partial charge in [-0.25, -0.2) is 4.79 Å². The summed E-state index contributed by atoms with van der Waals surface area (Å²) >= 11 is 0. The molecule has 34 heavy (non-hydrogen) atoms. The Bertz CT molecular complexity index is 1190. The number of aromatic hydroxyl groups is 1. The zero-order valence-electron chi connectivity index (χ0n) is 19.0. The molecule has 0 atom stereocenters. The van der Waals surface area contributed by atoms with Crippen LogP contribution in [-0.2, 0) is 6.54 Å². The topological polar surface area (TPSA) is 96.3 Å². The quantitative estimate of drug-likeness (QED) is 0.419. The van der Waals surface area contributed by atoms with Crippen LogP contribution in [0.1, 0.15) is 52.5 Å². The van der Waals surface area contributed by atoms with Crippen LogP contribution >= 0.6 is 0 Å². The van der Waals surface area contributed by atoms with Gasteiger partial charge in [0, 0.05) is 18.7 Å². The molecular weight excluding hydrogens is 434 g/mol. The fraction of sp³-hybridized carbons (Fsp3) is 0.259. The molecule has 176 valence electrons. The van der Waals surface area contributed by atoms with Gasteiger partial charge in [0.2, 0.25) is 6.79 Å². The van der Waals surface area contributed by atoms with E-state index in [4.69, 9.17) is 9.47 Å². The van der Waals surface area contributed by atoms with Gasteiger partial charge in [0.1, 0.15) is 11.3 Å². The zero-order valence-corrected chi connectivity index (χ0v) is 19.0. The Morgan fingerprint density at radius 2 is 1.65 bits per heavy atom. The third-order valence-corrected chi connectivity index (χ3v) is 5.83. The molecule has 3 aromatic carbocycles. The van der Waals surface area contributed by atoms with Crippen molar-refractivity contribution in [3.8, 4) is 28.4 Å². The number of hydrogen-bond donors (Lipinski definition) is 2. The fourth-order valence-corrected chi connectivity index (χ4v) is 3.93. The van der Waals surface area contributed by atoms with Crippen LogP contribution in [-0.4, -0.2) is 40.3 Å². The second kappa shape index (κ2) is 10.3. The van der Waals surface area contributed by atoms with Gasteiger partial charge in [-0.2, -0.15) is 0 Å². The molecule has 0 aromatic heterocycles. The second-order valence-corrected chi connectivity index (χ2v) is 8.24. The lowest BCUT2D eigenvalue weighted by atomic mass is 10.0. The van der Waals surface area contributed by atoms with Crippen molar-refractivity contribution in [2.45, 2.75) is 32.7 Å². The summed E-state index contributed by atoms with van der Waals surface area (Å²) in [5.41, 5.74) is 2.90. The minimum atomic E-state index is -1.18. The van der Waals surface area contributed by atoms with Crippen molar-refractivity contribution in [2.75, 3.05) is 13.3 Å². The molecule has 0 saturated carbocycles. The van der Waals surface area contributed by atoms with E-state index in [1.165, 1.54) is 12.1 Å². The van der Waals surface area contributed by atoms with Crippen molar-refractivity contribution in [1.82, 2.24) is 4.90 Å². The second-order valence-electron chi connectivity index (χ2n) is 8.24. The fourth-order valence-electron chi connectivity index (χ4n) is 3.93. The predicted molar refractivity (Wildman–Crippen MR) is 127 cm³/mol. The van der Waals surface area contributed by atoms with Crippen LogP contribution in [0.4, 0.5) is 0 Å². The van der Waals surface area contributed by atoms with Gasteiger partial charge < -0.3 is 24.6 Å². The number of fused-ring (bicyclic) bond motifs is 1. The first-order chi connectivity index (χ1) is 16.5. The van der Waals surface area contributed by atoms with Crippen molar-refractivity contribution in [3.63, 3.8) is 0 Å². The first kappa shape index (κ1) is 23.2. The highest BCUT2D eigenvalue weighted by Gasteiger charge is 2.20. The first-order valence-electron chi connectivity index (χ1n) is 11.3. The molecule has 0 unspecified atom stereocenters. The van der Waals surface area contributed by atoms with Gasteiger partial charge in [0.15, 0.2) is 11.5 Å². The highest BCUT2D eigenvalue weighted by Crippen LogP contribution is 2.33. The summed E-state index contributed by atoms with van der Waals surface area (Å²) in [7, 11) is 0. The Morgan fingerprint density at radius 1 is 0.912 bits per heavy atom. The average Bonchev–Trinajstić information content (AvgIpc) is 3.32. The van der Waals surface area contributed by atoms with Gasteiger partial charge in [-0.15, -0.1) is 0 Å². The Balaban J connectivity index is 1.53. The highest BCUT2D eigenvalue weighted by molar-refractivity contribution is 5.95. The SMILES string of the molecule is CCCCCN(Cc1ccc(-c2ccc(O)c(C(=O)O)c2)cc1)C(=O)c1ccc2c(c1)OCO2. The number of carbonyl (C=O) groups excluding carboxylic acids is 1. The predicted octanol–water partition coefficient (Wildman–Crippen LogP) is 5.32. The molecule has 0 radical (unpaired) electrons. The van der Waals surface area contributed by atoms with Gasteiger partial charge in [0.05, 0.1) is 0 Å². The summed E-state index contributed by atoms with van der Waals surface area (Å²) in [4.78, 5) is 26.5. The number of hydrogen-bond acceptors (Lipinski definition) is 5. The van der Waals surface area contributed by atoms with Gasteiger partial charge in [-0.05, 0) is 53.4 Å². The summed E-state index contributed by atoms with van der Waals surface area (Å²) in [5.74, 6) is -0.287. The molecule has 0 spiro atoms. The Kier molecular flexibility index (Phi) is 7.01. The Morgan fingerprint density at radius 3 is 2.38 bits per heavy atom. The number of amides is 1. The number of carboxylic acid groups (broad SMARTS) is 1. The molecule has 7 heteroatoms. The van der Waals surface area contributed by atoms with Crippen LogP contribution in [0.2, 0.25) is 0 Å². The van der Waals surface area contributed by atoms with E-state index in [1.54, 1.807) is 24.3 Å². The molecule has 4 rings (SSSR count). The third kappa shape index (κ3) is 5.14. The lowest BCUT2D eigenvalue weighted by Gasteiger charge is -2.23. The maximum absolute atomic E-state index is 13.3. The zero-order chi connectivity index (χ0) is 24.1. The number of ether oxygens (including phenoxy) is 2. The number of rotatable bonds is 9. The minimum absolute atomic E-state index is 0.0666.